The van der Waals surface area contributed by atoms with Gasteiger partial charge in [0, 0.05) is 30.2 Å². The van der Waals surface area contributed by atoms with Gasteiger partial charge in [-0.1, -0.05) is 48.5 Å². The number of esters is 1. The molecule has 0 spiro atoms. The van der Waals surface area contributed by atoms with E-state index in [1.54, 1.807) is 30.3 Å². The van der Waals surface area contributed by atoms with Crippen molar-refractivity contribution in [3.8, 4) is 5.75 Å². The number of ether oxygens (including phenoxy) is 2. The van der Waals surface area contributed by atoms with Crippen molar-refractivity contribution in [2.45, 2.75) is 25.1 Å². The summed E-state index contributed by atoms with van der Waals surface area (Å²) in [6.07, 6.45) is -5.22. The average molecular weight is 531 g/mol. The number of carbonyl (C=O) groups is 2. The number of benzene rings is 3. The van der Waals surface area contributed by atoms with Crippen molar-refractivity contribution in [2.75, 3.05) is 18.6 Å². The Morgan fingerprint density at radius 2 is 1.68 bits per heavy atom. The predicted octanol–water partition coefficient (Wildman–Crippen LogP) is 6.53. The van der Waals surface area contributed by atoms with Crippen LogP contribution in [0.25, 0.3) is 5.57 Å². The van der Waals surface area contributed by atoms with E-state index < -0.39 is 53.6 Å². The van der Waals surface area contributed by atoms with Crippen molar-refractivity contribution in [2.24, 2.45) is 0 Å². The summed E-state index contributed by atoms with van der Waals surface area (Å²) in [5.41, 5.74) is -2.14. The minimum Gasteiger partial charge on any atom is -0.489 e. The Bertz CT molecular complexity index is 1370. The number of allylic oxidation sites excluding steroid dienone is 1. The van der Waals surface area contributed by atoms with Crippen molar-refractivity contribution in [3.05, 3.63) is 101 Å². The molecule has 0 unspecified atom stereocenters. The smallest absolute Gasteiger partial charge is 0.417 e. The second kappa shape index (κ2) is 10.6. The number of carbonyl (C=O) groups excluding carboxylic acids is 2. The van der Waals surface area contributed by atoms with Gasteiger partial charge >= 0.3 is 12.1 Å². The molecule has 0 radical (unpaired) electrons. The minimum absolute atomic E-state index is 0.00925. The van der Waals surface area contributed by atoms with Crippen LogP contribution in [0.15, 0.2) is 78.9 Å². The summed E-state index contributed by atoms with van der Waals surface area (Å²) in [5.74, 6) is -5.81. The van der Waals surface area contributed by atoms with Crippen LogP contribution in [0.4, 0.5) is 27.6 Å². The normalized spacial score (nSPS) is 15.9. The van der Waals surface area contributed by atoms with Gasteiger partial charge in [0.2, 0.25) is 0 Å². The van der Waals surface area contributed by atoms with E-state index in [4.69, 9.17) is 4.74 Å². The first-order chi connectivity index (χ1) is 18.0. The second-order valence-electron chi connectivity index (χ2n) is 8.49. The van der Waals surface area contributed by atoms with Gasteiger partial charge in [0.25, 0.3) is 11.8 Å². The van der Waals surface area contributed by atoms with E-state index >= 15 is 8.78 Å². The molecule has 10 heteroatoms. The lowest BCUT2D eigenvalue weighted by Gasteiger charge is -2.24. The quantitative estimate of drug-likeness (QED) is 0.214. The molecule has 1 heterocycles. The monoisotopic (exact) mass is 531 g/mol. The van der Waals surface area contributed by atoms with Crippen molar-refractivity contribution in [1.82, 2.24) is 0 Å². The van der Waals surface area contributed by atoms with E-state index in [1.165, 1.54) is 30.3 Å². The van der Waals surface area contributed by atoms with Crippen LogP contribution in [0.2, 0.25) is 0 Å². The number of amides is 1. The zero-order valence-electron chi connectivity index (χ0n) is 20.1. The Hall–Kier alpha value is -4.21. The summed E-state index contributed by atoms with van der Waals surface area (Å²) >= 11 is 0. The molecule has 4 rings (SSSR count). The molecule has 5 nitrogen and oxygen atoms in total. The summed E-state index contributed by atoms with van der Waals surface area (Å²) in [6.45, 7) is -0.583. The number of rotatable bonds is 5. The molecule has 3 aromatic carbocycles. The van der Waals surface area contributed by atoms with E-state index in [9.17, 15) is 22.8 Å². The molecular formula is C28H22F5NO4. The topological polar surface area (TPSA) is 55.8 Å². The number of methoxy groups -OCH3 is 1. The summed E-state index contributed by atoms with van der Waals surface area (Å²) in [6, 6.07) is 17.2. The van der Waals surface area contributed by atoms with E-state index in [-0.39, 0.29) is 23.6 Å². The molecule has 0 aliphatic carbocycles. The highest BCUT2D eigenvalue weighted by molar-refractivity contribution is 6.09. The van der Waals surface area contributed by atoms with Crippen LogP contribution in [0, 0.1) is 0 Å². The zero-order chi connectivity index (χ0) is 27.5. The molecule has 1 aliphatic rings. The summed E-state index contributed by atoms with van der Waals surface area (Å²) in [7, 11) is 1.03. The first kappa shape index (κ1) is 26.8. The number of alkyl halides is 5. The molecule has 1 amide bonds. The Labute approximate surface area is 215 Å². The molecule has 38 heavy (non-hydrogen) atoms. The molecule has 0 N–H and O–H groups in total. The minimum atomic E-state index is -4.93. The van der Waals surface area contributed by atoms with Gasteiger partial charge in [0.05, 0.1) is 23.9 Å². The van der Waals surface area contributed by atoms with E-state index in [0.29, 0.717) is 6.08 Å². The molecule has 3 aromatic rings. The average Bonchev–Trinajstić information content (AvgIpc) is 3.01. The number of anilines is 1. The molecule has 0 saturated carbocycles. The number of hydrogen-bond acceptors (Lipinski definition) is 4. The van der Waals surface area contributed by atoms with Gasteiger partial charge in [-0.15, -0.1) is 0 Å². The molecule has 0 fully saturated rings. The highest BCUT2D eigenvalue weighted by Crippen LogP contribution is 2.44. The summed E-state index contributed by atoms with van der Waals surface area (Å²) in [5, 5.41) is 0. The lowest BCUT2D eigenvalue weighted by molar-refractivity contribution is -0.138. The van der Waals surface area contributed by atoms with Gasteiger partial charge in [-0.25, -0.2) is 13.6 Å². The van der Waals surface area contributed by atoms with Crippen LogP contribution >= 0.6 is 0 Å². The van der Waals surface area contributed by atoms with Crippen LogP contribution in [-0.2, 0) is 22.3 Å². The van der Waals surface area contributed by atoms with Gasteiger partial charge in [0.15, 0.2) is 0 Å². The molecule has 0 atom stereocenters. The Morgan fingerprint density at radius 1 is 1.00 bits per heavy atom. The largest absolute Gasteiger partial charge is 0.489 e. The van der Waals surface area contributed by atoms with E-state index in [2.05, 4.69) is 4.74 Å². The molecule has 0 bridgehead atoms. The van der Waals surface area contributed by atoms with Crippen molar-refractivity contribution in [3.63, 3.8) is 0 Å². The number of para-hydroxylation sites is 1. The van der Waals surface area contributed by atoms with Crippen LogP contribution in [0.3, 0.4) is 0 Å². The highest BCUT2D eigenvalue weighted by atomic mass is 19.4. The van der Waals surface area contributed by atoms with E-state index in [1.807, 2.05) is 0 Å². The molecule has 1 aliphatic heterocycles. The van der Waals surface area contributed by atoms with Crippen LogP contribution < -0.4 is 9.64 Å². The summed E-state index contributed by atoms with van der Waals surface area (Å²) < 4.78 is 82.3. The third kappa shape index (κ3) is 5.69. The van der Waals surface area contributed by atoms with Crippen LogP contribution in [0.5, 0.6) is 5.75 Å². The van der Waals surface area contributed by atoms with E-state index in [0.717, 1.165) is 29.7 Å². The predicted molar refractivity (Wildman–Crippen MR) is 130 cm³/mol. The van der Waals surface area contributed by atoms with Crippen LogP contribution in [-0.4, -0.2) is 31.5 Å². The van der Waals surface area contributed by atoms with Gasteiger partial charge < -0.3 is 14.4 Å². The lowest BCUT2D eigenvalue weighted by Crippen LogP contribution is -2.34. The Morgan fingerprint density at radius 3 is 2.37 bits per heavy atom. The van der Waals surface area contributed by atoms with Gasteiger partial charge in [-0.2, -0.15) is 13.2 Å². The maximum Gasteiger partial charge on any atom is 0.417 e. The third-order valence-corrected chi connectivity index (χ3v) is 6.01. The van der Waals surface area contributed by atoms with Gasteiger partial charge in [0.1, 0.15) is 12.4 Å². The first-order valence-electron chi connectivity index (χ1n) is 11.5. The fraction of sp³-hybridized carbons (Fsp3) is 0.214. The summed E-state index contributed by atoms with van der Waals surface area (Å²) in [4.78, 5) is 26.2. The fourth-order valence-corrected chi connectivity index (χ4v) is 4.13. The highest BCUT2D eigenvalue weighted by Gasteiger charge is 2.43. The first-order valence-corrected chi connectivity index (χ1v) is 11.5. The number of hydrogen-bond donors (Lipinski definition) is 0. The molecule has 0 saturated heterocycles. The molecule has 0 aromatic heterocycles. The van der Waals surface area contributed by atoms with Crippen molar-refractivity contribution < 1.29 is 41.0 Å². The second-order valence-corrected chi connectivity index (χ2v) is 8.49. The third-order valence-electron chi connectivity index (χ3n) is 6.01. The molecule has 198 valence electrons. The van der Waals surface area contributed by atoms with Crippen molar-refractivity contribution in [1.29, 1.82) is 0 Å². The number of halogens is 5. The standard InChI is InChI=1S/C28H22F5NO4/c1-37-25(35)16-22-20-9-5-6-10-24(20)34(14-13-27(22,29)30)26(36)21-12-11-19(15-23(21)28(31,32)33)38-17-18-7-3-2-4-8-18/h2-12,15-16H,13-14,17H2,1H3/b22-16-. The van der Waals surface area contributed by atoms with Crippen LogP contribution in [0.1, 0.15) is 33.5 Å². The van der Waals surface area contributed by atoms with Crippen molar-refractivity contribution >= 4 is 23.1 Å². The Balaban J connectivity index is 1.74. The molecular weight excluding hydrogens is 509 g/mol. The SMILES string of the molecule is COC(=O)/C=C1/c2ccccc2N(C(=O)c2ccc(OCc3ccccc3)cc2C(F)(F)F)CCC1(F)F. The Kier molecular flexibility index (Phi) is 7.52. The fourth-order valence-electron chi connectivity index (χ4n) is 4.13. The number of nitrogens with zero attached hydrogens (tertiary/aromatic N) is 1. The number of fused-ring (bicyclic) bond motifs is 1. The van der Waals surface area contributed by atoms with Gasteiger partial charge in [-0.05, 0) is 29.8 Å². The maximum absolute atomic E-state index is 15.1. The van der Waals surface area contributed by atoms with Gasteiger partial charge in [-0.3, -0.25) is 4.79 Å². The maximum atomic E-state index is 15.1. The lowest BCUT2D eigenvalue weighted by atomic mass is 9.97. The zero-order valence-corrected chi connectivity index (χ0v) is 20.1.